The van der Waals surface area contributed by atoms with Gasteiger partial charge in [0, 0.05) is 32.1 Å². The van der Waals surface area contributed by atoms with E-state index in [1.165, 1.54) is 5.56 Å². The first-order valence-corrected chi connectivity index (χ1v) is 12.7. The van der Waals surface area contributed by atoms with E-state index in [2.05, 4.69) is 24.2 Å². The maximum Gasteiger partial charge on any atom is 0.303 e. The Morgan fingerprint density at radius 1 is 1.11 bits per heavy atom. The molecule has 0 fully saturated rings. The van der Waals surface area contributed by atoms with Crippen LogP contribution in [0.5, 0.6) is 0 Å². The Kier molecular flexibility index (Phi) is 8.33. The number of aromatic nitrogens is 2. The summed E-state index contributed by atoms with van der Waals surface area (Å²) in [6.07, 6.45) is 7.48. The zero-order valence-corrected chi connectivity index (χ0v) is 21.4. The minimum Gasteiger partial charge on any atom is -0.481 e. The number of benzene rings is 2. The lowest BCUT2D eigenvalue weighted by Crippen LogP contribution is -2.48. The van der Waals surface area contributed by atoms with Crippen LogP contribution in [-0.4, -0.2) is 31.9 Å². The van der Waals surface area contributed by atoms with Crippen LogP contribution in [-0.2, 0) is 22.5 Å². The summed E-state index contributed by atoms with van der Waals surface area (Å²) >= 11 is 0. The molecular weight excluding hydrogens is 466 g/mol. The number of hydrogen-bond acceptors (Lipinski definition) is 5. The van der Waals surface area contributed by atoms with Crippen molar-refractivity contribution in [3.8, 4) is 5.69 Å². The highest BCUT2D eigenvalue weighted by molar-refractivity contribution is 5.89. The highest BCUT2D eigenvalue weighted by Crippen LogP contribution is 2.28. The van der Waals surface area contributed by atoms with E-state index in [4.69, 9.17) is 14.9 Å². The lowest BCUT2D eigenvalue weighted by molar-refractivity contribution is -0.137. The first kappa shape index (κ1) is 26.1. The van der Waals surface area contributed by atoms with Crippen LogP contribution >= 0.6 is 0 Å². The number of hydrogen-bond donors (Lipinski definition) is 1. The van der Waals surface area contributed by atoms with Gasteiger partial charge < -0.3 is 9.94 Å². The molecule has 192 valence electrons. The van der Waals surface area contributed by atoms with Crippen LogP contribution in [0.25, 0.3) is 17.8 Å². The fourth-order valence-corrected chi connectivity index (χ4v) is 4.71. The summed E-state index contributed by atoms with van der Waals surface area (Å²) in [5.74, 6) is -0.200. The van der Waals surface area contributed by atoms with Crippen molar-refractivity contribution in [1.82, 2.24) is 9.55 Å². The SMILES string of the molecule is C/C=c1/c(=O)n(-c2ccccc2)c(CCCCC(=O)O)n/c1=C/CC1=NO[C@@](C)(Cc2ccccc2)C1. The summed E-state index contributed by atoms with van der Waals surface area (Å²) < 4.78 is 1.64. The molecule has 0 radical (unpaired) electrons. The Morgan fingerprint density at radius 3 is 2.49 bits per heavy atom. The molecule has 1 aromatic heterocycles. The van der Waals surface area contributed by atoms with Crippen LogP contribution in [0.4, 0.5) is 0 Å². The summed E-state index contributed by atoms with van der Waals surface area (Å²) in [5.41, 5.74) is 2.32. The number of aliphatic carboxylic acids is 1. The van der Waals surface area contributed by atoms with Gasteiger partial charge in [-0.2, -0.15) is 0 Å². The molecule has 0 aliphatic carbocycles. The molecule has 1 atom stereocenters. The van der Waals surface area contributed by atoms with Gasteiger partial charge in [-0.05, 0) is 44.4 Å². The van der Waals surface area contributed by atoms with E-state index < -0.39 is 11.6 Å². The molecule has 1 N–H and O–H groups in total. The van der Waals surface area contributed by atoms with Crippen molar-refractivity contribution in [2.24, 2.45) is 5.16 Å². The molecule has 3 aromatic rings. The molecule has 0 amide bonds. The van der Waals surface area contributed by atoms with Crippen molar-refractivity contribution in [2.75, 3.05) is 0 Å². The number of unbranched alkanes of at least 4 members (excludes halogenated alkanes) is 1. The lowest BCUT2D eigenvalue weighted by Gasteiger charge is -2.21. The molecule has 2 aromatic carbocycles. The van der Waals surface area contributed by atoms with Crippen LogP contribution < -0.4 is 16.1 Å². The Labute approximate surface area is 216 Å². The smallest absolute Gasteiger partial charge is 0.303 e. The number of oxime groups is 1. The third-order valence-corrected chi connectivity index (χ3v) is 6.49. The molecule has 1 aliphatic rings. The van der Waals surface area contributed by atoms with Gasteiger partial charge in [-0.3, -0.25) is 14.2 Å². The fourth-order valence-electron chi connectivity index (χ4n) is 4.71. The van der Waals surface area contributed by atoms with E-state index >= 15 is 0 Å². The van der Waals surface area contributed by atoms with Gasteiger partial charge in [-0.25, -0.2) is 4.98 Å². The van der Waals surface area contributed by atoms with Crippen molar-refractivity contribution in [3.05, 3.63) is 93.0 Å². The normalized spacial score (nSPS) is 18.1. The molecule has 2 heterocycles. The highest BCUT2D eigenvalue weighted by Gasteiger charge is 2.33. The van der Waals surface area contributed by atoms with Crippen LogP contribution in [0.15, 0.2) is 70.6 Å². The Hall–Kier alpha value is -4.00. The predicted molar refractivity (Wildman–Crippen MR) is 145 cm³/mol. The van der Waals surface area contributed by atoms with Crippen molar-refractivity contribution in [3.63, 3.8) is 0 Å². The minimum absolute atomic E-state index is 0.0942. The third kappa shape index (κ3) is 6.61. The number of carbonyl (C=O) groups is 1. The van der Waals surface area contributed by atoms with Gasteiger partial charge in [-0.15, -0.1) is 0 Å². The highest BCUT2D eigenvalue weighted by atomic mass is 16.7. The molecule has 0 unspecified atom stereocenters. The lowest BCUT2D eigenvalue weighted by atomic mass is 9.91. The quantitative estimate of drug-likeness (QED) is 0.429. The third-order valence-electron chi connectivity index (χ3n) is 6.49. The molecule has 0 bridgehead atoms. The maximum atomic E-state index is 13.6. The minimum atomic E-state index is -0.822. The molecule has 0 saturated carbocycles. The standard InChI is InChI=1S/C30H33N3O4/c1-3-25-26(19-18-23-21-30(2,37-32-23)20-22-12-6-4-7-13-22)31-27(16-10-11-17-28(34)35)33(29(25)36)24-14-8-5-9-15-24/h3-9,12-15,19H,10-11,16-18,20-21H2,1-2H3,(H,34,35)/b25-3+,26-19+/t30-/m0/s1. The Balaban J connectivity index is 1.61. The molecule has 0 saturated heterocycles. The summed E-state index contributed by atoms with van der Waals surface area (Å²) in [5, 5.41) is 14.5. The van der Waals surface area contributed by atoms with Crippen molar-refractivity contribution in [2.45, 2.75) is 64.4 Å². The van der Waals surface area contributed by atoms with Crippen LogP contribution in [0, 0.1) is 0 Å². The molecule has 37 heavy (non-hydrogen) atoms. The van der Waals surface area contributed by atoms with Crippen LogP contribution in [0.2, 0.25) is 0 Å². The summed E-state index contributed by atoms with van der Waals surface area (Å²) in [4.78, 5) is 35.3. The van der Waals surface area contributed by atoms with E-state index in [0.717, 1.165) is 17.8 Å². The number of nitrogens with zero attached hydrogens (tertiary/aromatic N) is 3. The summed E-state index contributed by atoms with van der Waals surface area (Å²) in [7, 11) is 0. The average Bonchev–Trinajstić information content (AvgIpc) is 3.26. The van der Waals surface area contributed by atoms with Crippen LogP contribution in [0.1, 0.15) is 57.3 Å². The topological polar surface area (TPSA) is 93.8 Å². The van der Waals surface area contributed by atoms with Crippen molar-refractivity contribution < 1.29 is 14.7 Å². The molecule has 7 nitrogen and oxygen atoms in total. The summed E-state index contributed by atoms with van der Waals surface area (Å²) in [6.45, 7) is 3.90. The van der Waals surface area contributed by atoms with E-state index in [9.17, 15) is 9.59 Å². The maximum absolute atomic E-state index is 13.6. The molecule has 1 aliphatic heterocycles. The largest absolute Gasteiger partial charge is 0.481 e. The number of rotatable bonds is 10. The average molecular weight is 500 g/mol. The molecule has 4 rings (SSSR count). The van der Waals surface area contributed by atoms with Gasteiger partial charge in [0.2, 0.25) is 0 Å². The van der Waals surface area contributed by atoms with Crippen molar-refractivity contribution >= 4 is 23.8 Å². The first-order valence-electron chi connectivity index (χ1n) is 12.7. The number of carboxylic acid groups (broad SMARTS) is 1. The second-order valence-corrected chi connectivity index (χ2v) is 9.64. The van der Waals surface area contributed by atoms with Crippen LogP contribution in [0.3, 0.4) is 0 Å². The second-order valence-electron chi connectivity index (χ2n) is 9.64. The van der Waals surface area contributed by atoms with E-state index in [1.54, 1.807) is 10.6 Å². The van der Waals surface area contributed by atoms with Gasteiger partial charge in [0.1, 0.15) is 11.4 Å². The van der Waals surface area contributed by atoms with E-state index in [0.29, 0.717) is 48.5 Å². The number of aryl methyl sites for hydroxylation is 1. The summed E-state index contributed by atoms with van der Waals surface area (Å²) in [6, 6.07) is 19.7. The van der Waals surface area contributed by atoms with E-state index in [-0.39, 0.29) is 12.0 Å². The Bertz CT molecular complexity index is 1450. The van der Waals surface area contributed by atoms with Gasteiger partial charge in [0.05, 0.1) is 22.0 Å². The number of para-hydroxylation sites is 1. The van der Waals surface area contributed by atoms with Gasteiger partial charge in [0.15, 0.2) is 0 Å². The zero-order chi connectivity index (χ0) is 26.3. The van der Waals surface area contributed by atoms with Gasteiger partial charge in [-0.1, -0.05) is 65.8 Å². The fraction of sp³-hybridized carbons (Fsp3) is 0.333. The first-order chi connectivity index (χ1) is 17.9. The molecular formula is C30H33N3O4. The Morgan fingerprint density at radius 2 is 1.81 bits per heavy atom. The van der Waals surface area contributed by atoms with Gasteiger partial charge >= 0.3 is 5.97 Å². The molecule has 0 spiro atoms. The predicted octanol–water partition coefficient (Wildman–Crippen LogP) is 3.78. The monoisotopic (exact) mass is 499 g/mol. The van der Waals surface area contributed by atoms with E-state index in [1.807, 2.05) is 61.5 Å². The number of carboxylic acids is 1. The zero-order valence-electron chi connectivity index (χ0n) is 21.4. The molecule has 7 heteroatoms. The van der Waals surface area contributed by atoms with Crippen molar-refractivity contribution in [1.29, 1.82) is 0 Å². The van der Waals surface area contributed by atoms with Gasteiger partial charge in [0.25, 0.3) is 5.56 Å². The second kappa shape index (κ2) is 11.8.